The Morgan fingerprint density at radius 1 is 1.17 bits per heavy atom. The fourth-order valence-corrected chi connectivity index (χ4v) is 1.19. The lowest BCUT2D eigenvalue weighted by Gasteiger charge is -2.26. The maximum Gasteiger partial charge on any atom is 0.341 e. The van der Waals surface area contributed by atoms with Crippen molar-refractivity contribution in [2.75, 3.05) is 26.2 Å². The van der Waals surface area contributed by atoms with Gasteiger partial charge in [0.15, 0.2) is 0 Å². The van der Waals surface area contributed by atoms with Gasteiger partial charge in [-0.25, -0.2) is 4.79 Å². The first kappa shape index (κ1) is 8.63. The van der Waals surface area contributed by atoms with E-state index in [2.05, 4.69) is 0 Å². The summed E-state index contributed by atoms with van der Waals surface area (Å²) in [5, 5.41) is 0. The second-order valence-corrected chi connectivity index (χ2v) is 2.74. The van der Waals surface area contributed by atoms with Crippen molar-refractivity contribution in [3.05, 3.63) is 0 Å². The van der Waals surface area contributed by atoms with Gasteiger partial charge in [0.25, 0.3) is 0 Å². The van der Waals surface area contributed by atoms with Crippen LogP contribution in [0.4, 0.5) is 4.79 Å². The molecule has 6 heteroatoms. The van der Waals surface area contributed by atoms with E-state index in [0.717, 1.165) is 0 Å². The monoisotopic (exact) mass is 172 g/mol. The number of primary amides is 1. The topological polar surface area (TPSA) is 101 Å². The van der Waals surface area contributed by atoms with Gasteiger partial charge < -0.3 is 10.6 Å². The molecule has 0 radical (unpaired) electrons. The molecule has 0 aromatic carbocycles. The van der Waals surface area contributed by atoms with E-state index in [1.54, 1.807) is 4.90 Å². The van der Waals surface area contributed by atoms with Crippen LogP contribution in [-0.4, -0.2) is 47.6 Å². The van der Waals surface area contributed by atoms with Crippen molar-refractivity contribution in [1.82, 2.24) is 4.90 Å². The molecule has 0 atom stereocenters. The molecule has 0 aliphatic carbocycles. The SMILES string of the molecule is NC(=O)N1CC[N+](=C(N)N)CC1. The normalized spacial score (nSPS) is 17.7. The number of guanidine groups is 1. The number of urea groups is 1. The van der Waals surface area contributed by atoms with E-state index in [4.69, 9.17) is 17.2 Å². The van der Waals surface area contributed by atoms with E-state index in [0.29, 0.717) is 32.1 Å². The summed E-state index contributed by atoms with van der Waals surface area (Å²) in [5.41, 5.74) is 15.8. The van der Waals surface area contributed by atoms with Crippen molar-refractivity contribution in [2.45, 2.75) is 0 Å². The number of nitrogens with zero attached hydrogens (tertiary/aromatic N) is 2. The first-order chi connectivity index (χ1) is 5.61. The Hall–Kier alpha value is -1.46. The quantitative estimate of drug-likeness (QED) is 0.282. The van der Waals surface area contributed by atoms with Crippen LogP contribution in [0.3, 0.4) is 0 Å². The molecule has 1 fully saturated rings. The molecule has 1 saturated heterocycles. The Morgan fingerprint density at radius 2 is 1.67 bits per heavy atom. The number of carbonyl (C=O) groups is 1. The Bertz CT molecular complexity index is 210. The highest BCUT2D eigenvalue weighted by Gasteiger charge is 2.18. The van der Waals surface area contributed by atoms with Crippen molar-refractivity contribution in [2.24, 2.45) is 17.2 Å². The highest BCUT2D eigenvalue weighted by atomic mass is 16.2. The molecule has 12 heavy (non-hydrogen) atoms. The molecule has 6 N–H and O–H groups in total. The van der Waals surface area contributed by atoms with Crippen LogP contribution in [-0.2, 0) is 0 Å². The molecule has 1 aliphatic rings. The zero-order valence-corrected chi connectivity index (χ0v) is 6.86. The summed E-state index contributed by atoms with van der Waals surface area (Å²) in [7, 11) is 0. The lowest BCUT2D eigenvalue weighted by molar-refractivity contribution is -0.539. The van der Waals surface area contributed by atoms with Gasteiger partial charge in [-0.15, -0.1) is 0 Å². The Balaban J connectivity index is 2.51. The molecule has 0 aromatic heterocycles. The number of carbonyl (C=O) groups excluding carboxylic acids is 1. The Labute approximate surface area is 70.6 Å². The maximum atomic E-state index is 10.7. The van der Waals surface area contributed by atoms with Crippen LogP contribution in [0.25, 0.3) is 0 Å². The highest BCUT2D eigenvalue weighted by Crippen LogP contribution is 1.94. The molecule has 0 bridgehead atoms. The van der Waals surface area contributed by atoms with Gasteiger partial charge in [0.2, 0.25) is 0 Å². The smallest absolute Gasteiger partial charge is 0.341 e. The number of hydrogen-bond acceptors (Lipinski definition) is 1. The van der Waals surface area contributed by atoms with Gasteiger partial charge in [0.05, 0.1) is 26.2 Å². The van der Waals surface area contributed by atoms with Crippen LogP contribution in [0.1, 0.15) is 0 Å². The summed E-state index contributed by atoms with van der Waals surface area (Å²) in [6.45, 7) is 2.50. The third-order valence-electron chi connectivity index (χ3n) is 1.96. The lowest BCUT2D eigenvalue weighted by atomic mass is 10.4. The third kappa shape index (κ3) is 1.77. The molecule has 0 aromatic rings. The number of hydrogen-bond donors (Lipinski definition) is 3. The maximum absolute atomic E-state index is 10.7. The average Bonchev–Trinajstić information content (AvgIpc) is 2.04. The molecular weight excluding hydrogens is 158 g/mol. The van der Waals surface area contributed by atoms with Crippen LogP contribution in [0.15, 0.2) is 0 Å². The number of piperazine rings is 1. The summed E-state index contributed by atoms with van der Waals surface area (Å²) in [5.74, 6) is 0.305. The fraction of sp³-hybridized carbons (Fsp3) is 0.667. The van der Waals surface area contributed by atoms with Crippen LogP contribution in [0, 0.1) is 0 Å². The van der Waals surface area contributed by atoms with Crippen LogP contribution in [0.5, 0.6) is 0 Å². The standard InChI is InChI=1S/C6H13N5O/c7-5(8)10-1-3-11(4-2-10)6(9)12/h1-4H2,(H5,7,8,9,12)/p+1. The van der Waals surface area contributed by atoms with Gasteiger partial charge in [-0.1, -0.05) is 0 Å². The van der Waals surface area contributed by atoms with E-state index < -0.39 is 0 Å². The summed E-state index contributed by atoms with van der Waals surface area (Å²) in [4.78, 5) is 12.3. The van der Waals surface area contributed by atoms with E-state index >= 15 is 0 Å². The van der Waals surface area contributed by atoms with E-state index in [9.17, 15) is 4.79 Å². The number of amides is 2. The summed E-state index contributed by atoms with van der Waals surface area (Å²) in [6, 6.07) is -0.384. The first-order valence-corrected chi connectivity index (χ1v) is 3.78. The predicted octanol–water partition coefficient (Wildman–Crippen LogP) is -2.33. The minimum atomic E-state index is -0.384. The number of rotatable bonds is 0. The van der Waals surface area contributed by atoms with Crippen LogP contribution < -0.4 is 17.2 Å². The highest BCUT2D eigenvalue weighted by molar-refractivity contribution is 5.72. The van der Waals surface area contributed by atoms with Gasteiger partial charge in [0, 0.05) is 0 Å². The van der Waals surface area contributed by atoms with Crippen molar-refractivity contribution in [3.8, 4) is 0 Å². The van der Waals surface area contributed by atoms with Crippen molar-refractivity contribution >= 4 is 12.0 Å². The zero-order valence-electron chi connectivity index (χ0n) is 6.86. The molecule has 1 rings (SSSR count). The minimum absolute atomic E-state index is 0.305. The minimum Gasteiger partial charge on any atom is -0.351 e. The van der Waals surface area contributed by atoms with Gasteiger partial charge in [-0.3, -0.25) is 16.0 Å². The van der Waals surface area contributed by atoms with Gasteiger partial charge in [0.1, 0.15) is 0 Å². The second-order valence-electron chi connectivity index (χ2n) is 2.74. The number of nitrogens with two attached hydrogens (primary N) is 3. The summed E-state index contributed by atoms with van der Waals surface area (Å²) >= 11 is 0. The van der Waals surface area contributed by atoms with Gasteiger partial charge in [-0.05, 0) is 0 Å². The summed E-state index contributed by atoms with van der Waals surface area (Å²) < 4.78 is 1.82. The van der Waals surface area contributed by atoms with Crippen LogP contribution in [0.2, 0.25) is 0 Å². The lowest BCUT2D eigenvalue weighted by Crippen LogP contribution is -2.51. The third-order valence-corrected chi connectivity index (χ3v) is 1.96. The molecule has 6 nitrogen and oxygen atoms in total. The van der Waals surface area contributed by atoms with Crippen molar-refractivity contribution < 1.29 is 9.37 Å². The van der Waals surface area contributed by atoms with Crippen LogP contribution >= 0.6 is 0 Å². The molecule has 2 amide bonds. The largest absolute Gasteiger partial charge is 0.351 e. The molecule has 0 unspecified atom stereocenters. The molecular formula is C6H14N5O+. The summed E-state index contributed by atoms with van der Waals surface area (Å²) in [6.07, 6.45) is 0. The zero-order chi connectivity index (χ0) is 9.14. The average molecular weight is 172 g/mol. The van der Waals surface area contributed by atoms with E-state index in [1.165, 1.54) is 0 Å². The molecule has 68 valence electrons. The predicted molar refractivity (Wildman–Crippen MR) is 44.5 cm³/mol. The molecule has 1 aliphatic heterocycles. The molecule has 0 saturated carbocycles. The van der Waals surface area contributed by atoms with E-state index in [-0.39, 0.29) is 6.03 Å². The van der Waals surface area contributed by atoms with Crippen molar-refractivity contribution in [3.63, 3.8) is 0 Å². The fourth-order valence-electron chi connectivity index (χ4n) is 1.19. The molecule has 0 spiro atoms. The molecule has 1 heterocycles. The second kappa shape index (κ2) is 3.29. The van der Waals surface area contributed by atoms with Gasteiger partial charge in [-0.2, -0.15) is 0 Å². The van der Waals surface area contributed by atoms with Gasteiger partial charge >= 0.3 is 12.0 Å². The van der Waals surface area contributed by atoms with Crippen molar-refractivity contribution in [1.29, 1.82) is 0 Å². The Morgan fingerprint density at radius 3 is 2.00 bits per heavy atom. The Kier molecular flexibility index (Phi) is 2.37. The first-order valence-electron chi connectivity index (χ1n) is 3.78. The van der Waals surface area contributed by atoms with E-state index in [1.807, 2.05) is 4.58 Å².